The van der Waals surface area contributed by atoms with E-state index in [0.29, 0.717) is 16.0 Å². The van der Waals surface area contributed by atoms with Crippen LogP contribution in [-0.4, -0.2) is 23.9 Å². The maximum atomic E-state index is 14.2. The third-order valence-electron chi connectivity index (χ3n) is 9.94. The van der Waals surface area contributed by atoms with E-state index in [-0.39, 0.29) is 5.78 Å². The van der Waals surface area contributed by atoms with E-state index < -0.39 is 0 Å². The van der Waals surface area contributed by atoms with Crippen molar-refractivity contribution in [3.63, 3.8) is 0 Å². The number of benzene rings is 4. The number of ether oxygens (including phenoxy) is 2. The molecule has 0 fully saturated rings. The SMILES string of the molecule is CCCCCCCCCCOc1ccc(-c2cccc3c2C(=O)c2cccc(-c4ccc(OCCCCCCCCCC)cc4)c2C3=S)cc1. The van der Waals surface area contributed by atoms with Crippen LogP contribution >= 0.6 is 12.2 Å². The molecule has 0 atom stereocenters. The van der Waals surface area contributed by atoms with Crippen LogP contribution in [0.2, 0.25) is 0 Å². The van der Waals surface area contributed by atoms with Crippen LogP contribution in [0.1, 0.15) is 144 Å². The van der Waals surface area contributed by atoms with Crippen LogP contribution in [0.4, 0.5) is 0 Å². The van der Waals surface area contributed by atoms with Gasteiger partial charge in [0.1, 0.15) is 11.5 Å². The molecule has 264 valence electrons. The number of hydrogen-bond donors (Lipinski definition) is 0. The van der Waals surface area contributed by atoms with Crippen molar-refractivity contribution in [1.29, 1.82) is 0 Å². The van der Waals surface area contributed by atoms with E-state index in [0.717, 1.165) is 70.9 Å². The summed E-state index contributed by atoms with van der Waals surface area (Å²) in [6.45, 7) is 5.99. The largest absolute Gasteiger partial charge is 0.494 e. The van der Waals surface area contributed by atoms with Crippen LogP contribution in [0.5, 0.6) is 11.5 Å². The van der Waals surface area contributed by atoms with Crippen molar-refractivity contribution in [2.24, 2.45) is 0 Å². The van der Waals surface area contributed by atoms with Gasteiger partial charge in [0.05, 0.1) is 18.1 Å². The second-order valence-electron chi connectivity index (χ2n) is 13.8. The molecule has 5 rings (SSSR count). The van der Waals surface area contributed by atoms with Gasteiger partial charge in [0.2, 0.25) is 0 Å². The van der Waals surface area contributed by atoms with E-state index in [4.69, 9.17) is 21.7 Å². The van der Waals surface area contributed by atoms with Gasteiger partial charge in [-0.3, -0.25) is 4.79 Å². The van der Waals surface area contributed by atoms with E-state index >= 15 is 0 Å². The van der Waals surface area contributed by atoms with Crippen LogP contribution in [0, 0.1) is 0 Å². The maximum Gasteiger partial charge on any atom is 0.194 e. The fourth-order valence-corrected chi connectivity index (χ4v) is 7.43. The Hall–Kier alpha value is -3.76. The summed E-state index contributed by atoms with van der Waals surface area (Å²) in [6.07, 6.45) is 20.5. The average Bonchev–Trinajstić information content (AvgIpc) is 3.15. The predicted octanol–water partition coefficient (Wildman–Crippen LogP) is 13.4. The lowest BCUT2D eigenvalue weighted by Crippen LogP contribution is -2.22. The molecule has 0 heterocycles. The fraction of sp³-hybridized carbons (Fsp3) is 0.435. The number of thiocarbonyl (C=S) groups is 1. The number of carbonyl (C=O) groups excluding carboxylic acids is 1. The minimum absolute atomic E-state index is 0.0152. The van der Waals surface area contributed by atoms with Crippen LogP contribution in [0.25, 0.3) is 22.3 Å². The third-order valence-corrected chi connectivity index (χ3v) is 10.4. The van der Waals surface area contributed by atoms with E-state index in [1.54, 1.807) is 0 Å². The van der Waals surface area contributed by atoms with Gasteiger partial charge in [-0.25, -0.2) is 0 Å². The average molecular weight is 689 g/mol. The van der Waals surface area contributed by atoms with Gasteiger partial charge in [0, 0.05) is 22.3 Å². The molecule has 0 bridgehead atoms. The Kier molecular flexibility index (Phi) is 15.1. The maximum absolute atomic E-state index is 14.2. The standard InChI is InChI=1S/C46H56O3S/c1-3-5-7-9-11-13-15-17-33-48-37-29-25-35(26-30-37)39-21-20-24-42-43(39)45(47)41-23-19-22-40(44(41)46(42)50)36-27-31-38(32-28-36)49-34-18-16-14-12-10-8-6-4-2/h19-32H,3-18,33-34H2,1-2H3. The van der Waals surface area contributed by atoms with E-state index in [2.05, 4.69) is 44.2 Å². The van der Waals surface area contributed by atoms with Crippen molar-refractivity contribution in [3.05, 3.63) is 107 Å². The smallest absolute Gasteiger partial charge is 0.194 e. The quantitative estimate of drug-likeness (QED) is 0.0535. The highest BCUT2D eigenvalue weighted by Crippen LogP contribution is 2.39. The molecule has 4 aromatic carbocycles. The molecule has 0 saturated carbocycles. The number of carbonyl (C=O) groups is 1. The summed E-state index contributed by atoms with van der Waals surface area (Å²) < 4.78 is 12.1. The van der Waals surface area contributed by atoms with Crippen LogP contribution in [0.3, 0.4) is 0 Å². The first-order chi connectivity index (χ1) is 24.6. The molecule has 0 saturated heterocycles. The number of rotatable bonds is 22. The lowest BCUT2D eigenvalue weighted by atomic mass is 9.78. The summed E-state index contributed by atoms with van der Waals surface area (Å²) in [5, 5.41) is 0. The summed E-state index contributed by atoms with van der Waals surface area (Å²) in [6, 6.07) is 28.3. The van der Waals surface area contributed by atoms with E-state index in [1.165, 1.54) is 89.9 Å². The van der Waals surface area contributed by atoms with Crippen molar-refractivity contribution >= 4 is 22.9 Å². The molecule has 0 aromatic heterocycles. The van der Waals surface area contributed by atoms with Gasteiger partial charge in [0.25, 0.3) is 0 Å². The van der Waals surface area contributed by atoms with Crippen molar-refractivity contribution in [1.82, 2.24) is 0 Å². The van der Waals surface area contributed by atoms with Gasteiger partial charge in [-0.15, -0.1) is 0 Å². The Bertz CT molecular complexity index is 1530. The first kappa shape index (κ1) is 37.5. The molecule has 4 aromatic rings. The lowest BCUT2D eigenvalue weighted by Gasteiger charge is -2.24. The number of fused-ring (bicyclic) bond motifs is 2. The Morgan fingerprint density at radius 1 is 0.440 bits per heavy atom. The Morgan fingerprint density at radius 3 is 1.28 bits per heavy atom. The number of hydrogen-bond acceptors (Lipinski definition) is 4. The van der Waals surface area contributed by atoms with E-state index in [1.807, 2.05) is 54.6 Å². The fourth-order valence-electron chi connectivity index (χ4n) is 7.04. The highest BCUT2D eigenvalue weighted by Gasteiger charge is 2.31. The Labute approximate surface area is 306 Å². The molecule has 0 amide bonds. The predicted molar refractivity (Wildman–Crippen MR) is 214 cm³/mol. The van der Waals surface area contributed by atoms with Crippen LogP contribution in [-0.2, 0) is 0 Å². The first-order valence-electron chi connectivity index (χ1n) is 19.4. The molecule has 0 spiro atoms. The number of unbranched alkanes of at least 4 members (excludes halogenated alkanes) is 14. The molecule has 50 heavy (non-hydrogen) atoms. The summed E-state index contributed by atoms with van der Waals surface area (Å²) in [4.78, 5) is 14.9. The van der Waals surface area contributed by atoms with Gasteiger partial charge in [-0.2, -0.15) is 0 Å². The molecule has 3 nitrogen and oxygen atoms in total. The molecule has 0 radical (unpaired) electrons. The minimum Gasteiger partial charge on any atom is -0.494 e. The minimum atomic E-state index is 0.0152. The molecule has 0 unspecified atom stereocenters. The molecule has 1 aliphatic rings. The summed E-state index contributed by atoms with van der Waals surface area (Å²) in [7, 11) is 0. The lowest BCUT2D eigenvalue weighted by molar-refractivity contribution is 0.103. The van der Waals surface area contributed by atoms with Gasteiger partial charge in [-0.05, 0) is 59.4 Å². The topological polar surface area (TPSA) is 35.5 Å². The third kappa shape index (κ3) is 10.2. The summed E-state index contributed by atoms with van der Waals surface area (Å²) in [5.74, 6) is 1.75. The molecular weight excluding hydrogens is 633 g/mol. The van der Waals surface area contributed by atoms with Crippen LogP contribution < -0.4 is 9.47 Å². The zero-order chi connectivity index (χ0) is 35.0. The van der Waals surface area contributed by atoms with Crippen LogP contribution in [0.15, 0.2) is 84.9 Å². The van der Waals surface area contributed by atoms with Gasteiger partial charge in [-0.1, -0.05) is 177 Å². The molecule has 0 N–H and O–H groups in total. The van der Waals surface area contributed by atoms with Crippen molar-refractivity contribution in [2.75, 3.05) is 13.2 Å². The first-order valence-corrected chi connectivity index (χ1v) is 19.8. The molecule has 4 heteroatoms. The van der Waals surface area contributed by atoms with Gasteiger partial charge < -0.3 is 9.47 Å². The molecule has 1 aliphatic carbocycles. The molecular formula is C46H56O3S. The second kappa shape index (κ2) is 20.2. The highest BCUT2D eigenvalue weighted by molar-refractivity contribution is 7.81. The molecule has 0 aliphatic heterocycles. The van der Waals surface area contributed by atoms with Crippen molar-refractivity contribution in [2.45, 2.75) is 117 Å². The Balaban J connectivity index is 1.20. The normalized spacial score (nSPS) is 12.1. The monoisotopic (exact) mass is 688 g/mol. The highest BCUT2D eigenvalue weighted by atomic mass is 32.1. The second-order valence-corrected chi connectivity index (χ2v) is 14.2. The van der Waals surface area contributed by atoms with Gasteiger partial charge >= 0.3 is 0 Å². The number of ketones is 1. The van der Waals surface area contributed by atoms with E-state index in [9.17, 15) is 4.79 Å². The Morgan fingerprint density at radius 2 is 0.820 bits per heavy atom. The zero-order valence-corrected chi connectivity index (χ0v) is 31.3. The van der Waals surface area contributed by atoms with Gasteiger partial charge in [0.15, 0.2) is 5.78 Å². The summed E-state index contributed by atoms with van der Waals surface area (Å²) >= 11 is 6.14. The zero-order valence-electron chi connectivity index (χ0n) is 30.4. The van der Waals surface area contributed by atoms with Crippen molar-refractivity contribution in [3.8, 4) is 33.8 Å². The summed E-state index contributed by atoms with van der Waals surface area (Å²) in [5.41, 5.74) is 6.89. The van der Waals surface area contributed by atoms with Crippen molar-refractivity contribution < 1.29 is 14.3 Å².